The largest absolute Gasteiger partial charge is 0.388 e. The zero-order chi connectivity index (χ0) is 23.7. The van der Waals surface area contributed by atoms with Gasteiger partial charge >= 0.3 is 0 Å². The minimum absolute atomic E-state index is 0.0331. The fourth-order valence-electron chi connectivity index (χ4n) is 3.73. The molecular formula is C21H37N5O6. The minimum Gasteiger partial charge on any atom is -0.388 e. The second kappa shape index (κ2) is 12.8. The van der Waals surface area contributed by atoms with Crippen LogP contribution in [0.25, 0.3) is 0 Å². The third kappa shape index (κ3) is 7.80. The number of hydrogen-bond acceptors (Lipinski definition) is 8. The highest BCUT2D eigenvalue weighted by atomic mass is 16.5. The van der Waals surface area contributed by atoms with E-state index in [2.05, 4.69) is 10.1 Å². The van der Waals surface area contributed by atoms with Crippen LogP contribution in [0.5, 0.6) is 0 Å². The van der Waals surface area contributed by atoms with Crippen LogP contribution in [0.3, 0.4) is 0 Å². The number of rotatable bonds is 3. The molecule has 0 bridgehead atoms. The van der Waals surface area contributed by atoms with Crippen molar-refractivity contribution in [3.05, 3.63) is 11.6 Å². The van der Waals surface area contributed by atoms with E-state index in [-0.39, 0.29) is 31.5 Å². The summed E-state index contributed by atoms with van der Waals surface area (Å²) in [4.78, 5) is 32.7. The van der Waals surface area contributed by atoms with Gasteiger partial charge in [-0.15, -0.1) is 0 Å². The van der Waals surface area contributed by atoms with Gasteiger partial charge in [0.05, 0.1) is 6.61 Å². The Labute approximate surface area is 189 Å². The molecule has 11 nitrogen and oxygen atoms in total. The first kappa shape index (κ1) is 26.2. The third-order valence-corrected chi connectivity index (χ3v) is 5.64. The summed E-state index contributed by atoms with van der Waals surface area (Å²) < 4.78 is 12.4. The molecule has 3 atom stereocenters. The third-order valence-electron chi connectivity index (χ3n) is 5.64. The first-order valence-corrected chi connectivity index (χ1v) is 11.1. The maximum absolute atomic E-state index is 13.0. The van der Waals surface area contributed by atoms with Crippen molar-refractivity contribution in [2.24, 2.45) is 0 Å². The van der Waals surface area contributed by atoms with Crippen molar-refractivity contribution in [1.29, 1.82) is 0 Å². The summed E-state index contributed by atoms with van der Waals surface area (Å²) in [5, 5.41) is 24.9. The summed E-state index contributed by atoms with van der Waals surface area (Å²) in [7, 11) is 1.43. The maximum Gasteiger partial charge on any atom is 0.244 e. The van der Waals surface area contributed by atoms with Gasteiger partial charge in [0.15, 0.2) is 0 Å². The predicted molar refractivity (Wildman–Crippen MR) is 116 cm³/mol. The molecule has 2 amide bonds. The normalized spacial score (nSPS) is 24.6. The lowest BCUT2D eigenvalue weighted by Crippen LogP contribution is -2.48. The number of carbonyl (C=O) groups excluding carboxylic acids is 2. The summed E-state index contributed by atoms with van der Waals surface area (Å²) in [6.07, 6.45) is -1.03. The van der Waals surface area contributed by atoms with Gasteiger partial charge in [-0.3, -0.25) is 9.59 Å². The van der Waals surface area contributed by atoms with Gasteiger partial charge in [-0.05, 0) is 33.1 Å². The average Bonchev–Trinajstić information content (AvgIpc) is 3.06. The molecule has 182 valence electrons. The van der Waals surface area contributed by atoms with E-state index in [1.54, 1.807) is 21.4 Å². The number of hydrogen-bond donors (Lipinski definition) is 2. The topological polar surface area (TPSA) is 130 Å². The second-order valence-corrected chi connectivity index (χ2v) is 8.18. The molecule has 1 fully saturated rings. The van der Waals surface area contributed by atoms with Gasteiger partial charge in [0.1, 0.15) is 36.5 Å². The van der Waals surface area contributed by atoms with Crippen LogP contribution in [0.2, 0.25) is 0 Å². The highest BCUT2D eigenvalue weighted by Gasteiger charge is 2.29. The van der Waals surface area contributed by atoms with E-state index in [1.165, 1.54) is 14.0 Å². The van der Waals surface area contributed by atoms with E-state index < -0.39 is 18.3 Å². The van der Waals surface area contributed by atoms with E-state index in [4.69, 9.17) is 9.47 Å². The van der Waals surface area contributed by atoms with Crippen molar-refractivity contribution in [2.75, 3.05) is 46.5 Å². The van der Waals surface area contributed by atoms with Crippen LogP contribution in [-0.4, -0.2) is 111 Å². The monoisotopic (exact) mass is 455 g/mol. The molecule has 0 unspecified atom stereocenters. The van der Waals surface area contributed by atoms with Crippen LogP contribution in [-0.2, 0) is 25.6 Å². The number of aromatic nitrogens is 3. The Bertz CT molecular complexity index is 742. The number of nitrogens with zero attached hydrogens (tertiary/aromatic N) is 5. The van der Waals surface area contributed by atoms with Crippen molar-refractivity contribution >= 4 is 11.8 Å². The Morgan fingerprint density at radius 2 is 1.81 bits per heavy atom. The van der Waals surface area contributed by atoms with Gasteiger partial charge in [-0.25, -0.2) is 9.67 Å². The minimum atomic E-state index is -1.18. The SMILES string of the molecule is CO[C@H]1CN(C(C)=O)CCCN(C(=O)Cn2nc(C)nc2C)CCCCOC[C@H](O)[C@@H]1O. The number of aryl methyl sites for hydroxylation is 2. The molecule has 32 heavy (non-hydrogen) atoms. The van der Waals surface area contributed by atoms with E-state index in [0.29, 0.717) is 50.7 Å². The van der Waals surface area contributed by atoms with Crippen molar-refractivity contribution in [3.8, 4) is 0 Å². The molecule has 0 aromatic carbocycles. The molecular weight excluding hydrogens is 418 g/mol. The molecule has 2 N–H and O–H groups in total. The number of amides is 2. The van der Waals surface area contributed by atoms with Crippen molar-refractivity contribution in [3.63, 3.8) is 0 Å². The molecule has 0 aliphatic carbocycles. The molecule has 0 spiro atoms. The van der Waals surface area contributed by atoms with Crippen LogP contribution in [0.4, 0.5) is 0 Å². The van der Waals surface area contributed by atoms with Gasteiger partial charge in [0.25, 0.3) is 0 Å². The van der Waals surface area contributed by atoms with Crippen LogP contribution >= 0.6 is 0 Å². The summed E-state index contributed by atoms with van der Waals surface area (Å²) >= 11 is 0. The first-order valence-electron chi connectivity index (χ1n) is 11.1. The van der Waals surface area contributed by atoms with E-state index in [0.717, 1.165) is 6.42 Å². The summed E-state index contributed by atoms with van der Waals surface area (Å²) in [5.74, 6) is 1.09. The fourth-order valence-corrected chi connectivity index (χ4v) is 3.73. The lowest BCUT2D eigenvalue weighted by molar-refractivity contribution is -0.136. The molecule has 1 aromatic heterocycles. The Morgan fingerprint density at radius 3 is 2.44 bits per heavy atom. The van der Waals surface area contributed by atoms with Crippen molar-refractivity contribution in [2.45, 2.75) is 64.9 Å². The number of methoxy groups -OCH3 is 1. The molecule has 1 saturated heterocycles. The molecule has 0 radical (unpaired) electrons. The quantitative estimate of drug-likeness (QED) is 0.624. The smallest absolute Gasteiger partial charge is 0.244 e. The standard InChI is InChI=1S/C21H37N5O6/c1-15-22-16(2)26(23-15)13-20(29)24-8-5-6-11-32-14-18(28)21(30)19(31-4)12-25(17(3)27)10-7-9-24/h18-19,21,28,30H,5-14H2,1-4H3/t18-,19-,21-/m0/s1. The van der Waals surface area contributed by atoms with Crippen molar-refractivity contribution < 1.29 is 29.3 Å². The number of aliphatic hydroxyl groups excluding tert-OH is 2. The van der Waals surface area contributed by atoms with E-state index >= 15 is 0 Å². The number of aliphatic hydroxyl groups is 2. The first-order chi connectivity index (χ1) is 15.2. The molecule has 2 heterocycles. The summed E-state index contributed by atoms with van der Waals surface area (Å²) in [6, 6.07) is 0. The molecule has 11 heteroatoms. The van der Waals surface area contributed by atoms with Gasteiger partial charge in [0.2, 0.25) is 11.8 Å². The lowest BCUT2D eigenvalue weighted by atomic mass is 10.1. The highest BCUT2D eigenvalue weighted by Crippen LogP contribution is 2.10. The summed E-state index contributed by atoms with van der Waals surface area (Å²) in [5.41, 5.74) is 0. The van der Waals surface area contributed by atoms with Gasteiger partial charge in [0, 0.05) is 46.8 Å². The van der Waals surface area contributed by atoms with Gasteiger partial charge in [-0.2, -0.15) is 5.10 Å². The van der Waals surface area contributed by atoms with E-state index in [9.17, 15) is 19.8 Å². The predicted octanol–water partition coefficient (Wildman–Crippen LogP) is -0.491. The zero-order valence-corrected chi connectivity index (χ0v) is 19.6. The molecule has 0 saturated carbocycles. The Kier molecular flexibility index (Phi) is 10.5. The van der Waals surface area contributed by atoms with Crippen LogP contribution < -0.4 is 0 Å². The van der Waals surface area contributed by atoms with E-state index in [1.807, 2.05) is 6.92 Å². The van der Waals surface area contributed by atoms with Crippen LogP contribution in [0, 0.1) is 13.8 Å². The maximum atomic E-state index is 13.0. The molecule has 2 rings (SSSR count). The Balaban J connectivity index is 2.09. The molecule has 1 aliphatic heterocycles. The average molecular weight is 456 g/mol. The highest BCUT2D eigenvalue weighted by molar-refractivity contribution is 5.76. The Hall–Kier alpha value is -2.08. The number of carbonyl (C=O) groups is 2. The zero-order valence-electron chi connectivity index (χ0n) is 19.6. The summed E-state index contributed by atoms with van der Waals surface area (Å²) in [6.45, 7) is 7.12. The van der Waals surface area contributed by atoms with Crippen LogP contribution in [0.15, 0.2) is 0 Å². The fraction of sp³-hybridized carbons (Fsp3) is 0.810. The van der Waals surface area contributed by atoms with Gasteiger partial charge < -0.3 is 29.5 Å². The lowest BCUT2D eigenvalue weighted by Gasteiger charge is -2.31. The van der Waals surface area contributed by atoms with Gasteiger partial charge in [-0.1, -0.05) is 0 Å². The number of ether oxygens (including phenoxy) is 2. The molecule has 1 aromatic rings. The second-order valence-electron chi connectivity index (χ2n) is 8.18. The molecule has 1 aliphatic rings. The van der Waals surface area contributed by atoms with Crippen LogP contribution in [0.1, 0.15) is 37.8 Å². The Morgan fingerprint density at radius 1 is 1.12 bits per heavy atom. The van der Waals surface area contributed by atoms with Crippen molar-refractivity contribution in [1.82, 2.24) is 24.6 Å².